The van der Waals surface area contributed by atoms with Crippen LogP contribution in [0.4, 0.5) is 0 Å². The Labute approximate surface area is 240 Å². The van der Waals surface area contributed by atoms with Crippen molar-refractivity contribution in [3.05, 3.63) is 112 Å². The fourth-order valence-electron chi connectivity index (χ4n) is 5.17. The average Bonchev–Trinajstić information content (AvgIpc) is 3.26. The van der Waals surface area contributed by atoms with Gasteiger partial charge in [0.2, 0.25) is 0 Å². The number of rotatable bonds is 7. The third kappa shape index (κ3) is 7.36. The third-order valence-electron chi connectivity index (χ3n) is 7.53. The molecule has 210 valence electrons. The predicted molar refractivity (Wildman–Crippen MR) is 171 cm³/mol. The fraction of sp³-hybridized carbons (Fsp3) is 0.314. The third-order valence-corrected chi connectivity index (χ3v) is 7.53. The topological polar surface area (TPSA) is 63.2 Å². The van der Waals surface area contributed by atoms with Gasteiger partial charge >= 0.3 is 0 Å². The van der Waals surface area contributed by atoms with Gasteiger partial charge in [-0.3, -0.25) is 9.69 Å². The van der Waals surface area contributed by atoms with Crippen molar-refractivity contribution in [3.8, 4) is 0 Å². The van der Waals surface area contributed by atoms with E-state index in [1.54, 1.807) is 6.08 Å². The highest BCUT2D eigenvalue weighted by Crippen LogP contribution is 2.24. The second-order valence-electron chi connectivity index (χ2n) is 10.2. The van der Waals surface area contributed by atoms with E-state index in [9.17, 15) is 4.79 Å². The van der Waals surface area contributed by atoms with E-state index in [0.29, 0.717) is 0 Å². The van der Waals surface area contributed by atoms with Crippen LogP contribution in [-0.4, -0.2) is 59.6 Å². The van der Waals surface area contributed by atoms with E-state index in [0.717, 1.165) is 55.8 Å². The summed E-state index contributed by atoms with van der Waals surface area (Å²) in [5, 5.41) is 8.30. The Balaban J connectivity index is 0.000000340. The van der Waals surface area contributed by atoms with Gasteiger partial charge in [0.1, 0.15) is 0 Å². The first-order chi connectivity index (χ1) is 18.9. The van der Waals surface area contributed by atoms with Gasteiger partial charge in [-0.2, -0.15) is 0 Å². The summed E-state index contributed by atoms with van der Waals surface area (Å²) in [7, 11) is 0. The summed E-state index contributed by atoms with van der Waals surface area (Å²) >= 11 is 0. The molecule has 1 aliphatic heterocycles. The van der Waals surface area contributed by atoms with Crippen LogP contribution in [0.1, 0.15) is 64.6 Å². The van der Waals surface area contributed by atoms with E-state index in [4.69, 9.17) is 5.41 Å². The minimum absolute atomic E-state index is 0. The molecule has 2 heterocycles. The molecule has 0 aliphatic carbocycles. The quantitative estimate of drug-likeness (QED) is 0.240. The van der Waals surface area contributed by atoms with Crippen LogP contribution in [0.2, 0.25) is 0 Å². The molecule has 0 radical (unpaired) electrons. The van der Waals surface area contributed by atoms with Crippen molar-refractivity contribution in [1.29, 1.82) is 5.41 Å². The number of piperazine rings is 1. The van der Waals surface area contributed by atoms with Gasteiger partial charge in [-0.25, -0.2) is 0 Å². The summed E-state index contributed by atoms with van der Waals surface area (Å²) in [5.41, 5.74) is 8.92. The zero-order valence-electron chi connectivity index (χ0n) is 23.5. The Hall–Kier alpha value is -3.96. The molecule has 0 bridgehead atoms. The zero-order valence-corrected chi connectivity index (χ0v) is 23.5. The summed E-state index contributed by atoms with van der Waals surface area (Å²) < 4.78 is 0. The Morgan fingerprint density at radius 3 is 2.30 bits per heavy atom. The van der Waals surface area contributed by atoms with Crippen LogP contribution in [0.5, 0.6) is 0 Å². The molecule has 5 nitrogen and oxygen atoms in total. The van der Waals surface area contributed by atoms with Gasteiger partial charge in [0.15, 0.2) is 0 Å². The lowest BCUT2D eigenvalue weighted by molar-refractivity contribution is 0.0637. The Morgan fingerprint density at radius 1 is 0.950 bits per heavy atom. The number of fused-ring (bicyclic) bond motifs is 1. The molecule has 3 aromatic carbocycles. The lowest BCUT2D eigenvalue weighted by Gasteiger charge is -2.34. The molecule has 1 fully saturated rings. The molecule has 1 aliphatic rings. The normalized spacial score (nSPS) is 13.2. The van der Waals surface area contributed by atoms with Crippen molar-refractivity contribution in [3.63, 3.8) is 0 Å². The van der Waals surface area contributed by atoms with Gasteiger partial charge in [0.25, 0.3) is 5.91 Å². The molecule has 0 saturated carbocycles. The lowest BCUT2D eigenvalue weighted by atomic mass is 10.0. The predicted octanol–water partition coefficient (Wildman–Crippen LogP) is 7.51. The maximum Gasteiger partial charge on any atom is 0.253 e. The highest BCUT2D eigenvalue weighted by Gasteiger charge is 2.21. The maximum atomic E-state index is 13.0. The highest BCUT2D eigenvalue weighted by atomic mass is 16.2. The second-order valence-corrected chi connectivity index (χ2v) is 10.2. The lowest BCUT2D eigenvalue weighted by Crippen LogP contribution is -2.48. The van der Waals surface area contributed by atoms with E-state index in [1.807, 2.05) is 41.3 Å². The van der Waals surface area contributed by atoms with Gasteiger partial charge in [0.05, 0.1) is 0 Å². The molecule has 1 saturated heterocycles. The average molecular weight is 537 g/mol. The Morgan fingerprint density at radius 2 is 1.65 bits per heavy atom. The molecule has 40 heavy (non-hydrogen) atoms. The first kappa shape index (κ1) is 30.6. The molecule has 5 rings (SSSR count). The van der Waals surface area contributed by atoms with E-state index in [2.05, 4.69) is 67.6 Å². The van der Waals surface area contributed by atoms with Crippen LogP contribution in [0, 0.1) is 19.3 Å². The van der Waals surface area contributed by atoms with Gasteiger partial charge in [0, 0.05) is 54.6 Å². The number of carbonyl (C=O) groups is 1. The standard InChI is InChI=1S/C25H31N3O.C9H9N.CH4/c1-4-10-27-11-13-28(14-12-27)25(29)22-7-5-6-20(16-22)15-21-8-9-24-23(17-21)18(2)19(3)26-24;1-2-8-5-3-4-6-9(8)7-10;/h5-9,16-17,26H,4,10-15H2,1-3H3;2-7,10H,1H2;1H4. The van der Waals surface area contributed by atoms with Gasteiger partial charge in [-0.1, -0.05) is 69.5 Å². The number of H-pyrrole nitrogens is 1. The highest BCUT2D eigenvalue weighted by molar-refractivity contribution is 5.94. The number of aromatic amines is 1. The largest absolute Gasteiger partial charge is 0.358 e. The first-order valence-corrected chi connectivity index (χ1v) is 13.8. The zero-order chi connectivity index (χ0) is 27.8. The minimum Gasteiger partial charge on any atom is -0.358 e. The summed E-state index contributed by atoms with van der Waals surface area (Å²) in [6.07, 6.45) is 5.09. The van der Waals surface area contributed by atoms with Crippen molar-refractivity contribution in [1.82, 2.24) is 14.8 Å². The SMILES string of the molecule is C.C=Cc1ccccc1C=N.CCCN1CCN(C(=O)c2cccc(Cc3ccc4[nH]c(C)c(C)c4c3)c2)CC1. The van der Waals surface area contributed by atoms with Crippen molar-refractivity contribution < 1.29 is 4.79 Å². The smallest absolute Gasteiger partial charge is 0.253 e. The van der Waals surface area contributed by atoms with Crippen LogP contribution < -0.4 is 0 Å². The summed E-state index contributed by atoms with van der Waals surface area (Å²) in [4.78, 5) is 20.9. The van der Waals surface area contributed by atoms with Crippen LogP contribution in [0.25, 0.3) is 17.0 Å². The summed E-state index contributed by atoms with van der Waals surface area (Å²) in [5.74, 6) is 0.163. The number of benzene rings is 3. The van der Waals surface area contributed by atoms with E-state index < -0.39 is 0 Å². The van der Waals surface area contributed by atoms with Crippen LogP contribution in [-0.2, 0) is 6.42 Å². The number of carbonyl (C=O) groups excluding carboxylic acids is 1. The molecule has 0 spiro atoms. The number of hydrogen-bond acceptors (Lipinski definition) is 3. The number of hydrogen-bond donors (Lipinski definition) is 2. The van der Waals surface area contributed by atoms with Crippen LogP contribution in [0.15, 0.2) is 73.3 Å². The Bertz CT molecular complexity index is 1420. The summed E-state index contributed by atoms with van der Waals surface area (Å²) in [6.45, 7) is 14.9. The van der Waals surface area contributed by atoms with Gasteiger partial charge in [-0.15, -0.1) is 0 Å². The van der Waals surface area contributed by atoms with E-state index in [1.165, 1.54) is 45.9 Å². The summed E-state index contributed by atoms with van der Waals surface area (Å²) in [6, 6.07) is 22.4. The van der Waals surface area contributed by atoms with E-state index >= 15 is 0 Å². The number of nitrogens with zero attached hydrogens (tertiary/aromatic N) is 2. The molecule has 4 aromatic rings. The Kier molecular flexibility index (Phi) is 11.0. The molecular formula is C35H44N4O. The number of nitrogens with one attached hydrogen (secondary N) is 2. The van der Waals surface area contributed by atoms with Gasteiger partial charge in [-0.05, 0) is 85.3 Å². The van der Waals surface area contributed by atoms with Crippen molar-refractivity contribution >= 4 is 29.1 Å². The minimum atomic E-state index is 0. The van der Waals surface area contributed by atoms with Crippen molar-refractivity contribution in [2.75, 3.05) is 32.7 Å². The second kappa shape index (κ2) is 14.4. The van der Waals surface area contributed by atoms with Crippen LogP contribution in [0.3, 0.4) is 0 Å². The van der Waals surface area contributed by atoms with Crippen molar-refractivity contribution in [2.45, 2.75) is 41.0 Å². The molecule has 1 amide bonds. The van der Waals surface area contributed by atoms with Crippen LogP contribution >= 0.6 is 0 Å². The van der Waals surface area contributed by atoms with Crippen molar-refractivity contribution in [2.24, 2.45) is 0 Å². The molecule has 5 heteroatoms. The molecule has 0 atom stereocenters. The monoisotopic (exact) mass is 536 g/mol. The molecule has 0 unspecified atom stereocenters. The molecule has 2 N–H and O–H groups in total. The first-order valence-electron chi connectivity index (χ1n) is 13.8. The number of aryl methyl sites for hydroxylation is 2. The number of aromatic nitrogens is 1. The maximum absolute atomic E-state index is 13.0. The number of amides is 1. The fourth-order valence-corrected chi connectivity index (χ4v) is 5.17. The molecular weight excluding hydrogens is 492 g/mol. The van der Waals surface area contributed by atoms with E-state index in [-0.39, 0.29) is 13.3 Å². The van der Waals surface area contributed by atoms with Gasteiger partial charge < -0.3 is 15.3 Å². The molecule has 1 aromatic heterocycles.